The molecule has 2 N–H and O–H groups in total. The average molecular weight is 314 g/mol. The highest BCUT2D eigenvalue weighted by molar-refractivity contribution is 5.79. The Morgan fingerprint density at radius 2 is 2.22 bits per heavy atom. The maximum absolute atomic E-state index is 5.07. The molecule has 3 rings (SSSR count). The molecular formula is C14H18N8O. The molecule has 0 atom stereocenters. The molecule has 120 valence electrons. The standard InChI is InChI=1S/C14H18N8O/c1-3-15-14(17-9-13-18-10(2)21-23-13)16-8-12-20-19-11-6-4-5-7-22(11)12/h4-7H,3,8-9H2,1-2H3,(H2,15,16,17). The lowest BCUT2D eigenvalue weighted by molar-refractivity contribution is 0.371. The quantitative estimate of drug-likeness (QED) is 0.527. The van der Waals surface area contributed by atoms with Crippen LogP contribution in [-0.4, -0.2) is 37.2 Å². The minimum absolute atomic E-state index is 0.406. The molecular weight excluding hydrogens is 296 g/mol. The molecule has 0 fully saturated rings. The Hall–Kier alpha value is -2.97. The van der Waals surface area contributed by atoms with Gasteiger partial charge in [-0.1, -0.05) is 11.2 Å². The molecule has 0 amide bonds. The van der Waals surface area contributed by atoms with Gasteiger partial charge in [-0.05, 0) is 26.0 Å². The summed E-state index contributed by atoms with van der Waals surface area (Å²) in [5.41, 5.74) is 0.803. The van der Waals surface area contributed by atoms with Crippen molar-refractivity contribution in [3.05, 3.63) is 41.9 Å². The summed E-state index contributed by atoms with van der Waals surface area (Å²) in [6, 6.07) is 5.77. The Morgan fingerprint density at radius 1 is 1.30 bits per heavy atom. The third kappa shape index (κ3) is 3.62. The van der Waals surface area contributed by atoms with Crippen molar-refractivity contribution in [2.75, 3.05) is 6.54 Å². The van der Waals surface area contributed by atoms with Crippen molar-refractivity contribution >= 4 is 11.6 Å². The van der Waals surface area contributed by atoms with Crippen LogP contribution in [0.25, 0.3) is 5.65 Å². The zero-order chi connectivity index (χ0) is 16.1. The lowest BCUT2D eigenvalue weighted by Gasteiger charge is -2.09. The molecule has 3 aromatic rings. The van der Waals surface area contributed by atoms with Gasteiger partial charge in [0.2, 0.25) is 5.89 Å². The Balaban J connectivity index is 1.68. The maximum Gasteiger partial charge on any atom is 0.246 e. The molecule has 0 saturated carbocycles. The van der Waals surface area contributed by atoms with Crippen LogP contribution in [0.5, 0.6) is 0 Å². The third-order valence-corrected chi connectivity index (χ3v) is 3.08. The number of nitrogens with zero attached hydrogens (tertiary/aromatic N) is 6. The Morgan fingerprint density at radius 3 is 3.00 bits per heavy atom. The number of aliphatic imine (C=N–C) groups is 1. The van der Waals surface area contributed by atoms with Crippen LogP contribution in [-0.2, 0) is 13.1 Å². The first-order valence-electron chi connectivity index (χ1n) is 7.36. The first kappa shape index (κ1) is 14.9. The first-order valence-corrected chi connectivity index (χ1v) is 7.36. The molecule has 3 heterocycles. The fraction of sp³-hybridized carbons (Fsp3) is 0.357. The number of nitrogens with one attached hydrogen (secondary N) is 2. The van der Waals surface area contributed by atoms with E-state index in [2.05, 4.69) is 36.0 Å². The van der Waals surface area contributed by atoms with Crippen molar-refractivity contribution in [2.24, 2.45) is 4.99 Å². The molecule has 0 aromatic carbocycles. The summed E-state index contributed by atoms with van der Waals surface area (Å²) in [7, 11) is 0. The summed E-state index contributed by atoms with van der Waals surface area (Å²) >= 11 is 0. The second-order valence-corrected chi connectivity index (χ2v) is 4.83. The van der Waals surface area contributed by atoms with Crippen LogP contribution in [0.4, 0.5) is 0 Å². The molecule has 0 spiro atoms. The van der Waals surface area contributed by atoms with Crippen molar-refractivity contribution in [3.63, 3.8) is 0 Å². The van der Waals surface area contributed by atoms with Gasteiger partial charge in [-0.15, -0.1) is 10.2 Å². The Bertz CT molecular complexity index is 806. The first-order chi connectivity index (χ1) is 11.3. The molecule has 9 heteroatoms. The number of aryl methyl sites for hydroxylation is 1. The number of hydrogen-bond donors (Lipinski definition) is 2. The molecule has 0 aliphatic heterocycles. The number of aromatic nitrogens is 5. The van der Waals surface area contributed by atoms with Gasteiger partial charge in [0.1, 0.15) is 6.54 Å². The smallest absolute Gasteiger partial charge is 0.246 e. The number of pyridine rings is 1. The number of rotatable bonds is 5. The molecule has 23 heavy (non-hydrogen) atoms. The second kappa shape index (κ2) is 6.86. The highest BCUT2D eigenvalue weighted by Crippen LogP contribution is 2.03. The lowest BCUT2D eigenvalue weighted by atomic mass is 10.4. The van der Waals surface area contributed by atoms with Crippen molar-refractivity contribution < 1.29 is 4.52 Å². The topological polar surface area (TPSA) is 106 Å². The van der Waals surface area contributed by atoms with Crippen molar-refractivity contribution in [1.82, 2.24) is 35.4 Å². The van der Waals surface area contributed by atoms with E-state index in [1.165, 1.54) is 0 Å². The van der Waals surface area contributed by atoms with E-state index in [1.54, 1.807) is 6.92 Å². The van der Waals surface area contributed by atoms with Crippen molar-refractivity contribution in [3.8, 4) is 0 Å². The molecule has 0 radical (unpaired) electrons. The summed E-state index contributed by atoms with van der Waals surface area (Å²) in [4.78, 5) is 8.65. The molecule has 0 saturated heterocycles. The van der Waals surface area contributed by atoms with Crippen LogP contribution in [0.1, 0.15) is 24.5 Å². The molecule has 0 aliphatic carbocycles. The molecule has 0 aliphatic rings. The van der Waals surface area contributed by atoms with E-state index < -0.39 is 0 Å². The monoisotopic (exact) mass is 314 g/mol. The highest BCUT2D eigenvalue weighted by atomic mass is 16.5. The van der Waals surface area contributed by atoms with Gasteiger partial charge in [-0.3, -0.25) is 4.40 Å². The predicted molar refractivity (Wildman–Crippen MR) is 83.7 cm³/mol. The van der Waals surface area contributed by atoms with Gasteiger partial charge in [0.05, 0.1) is 6.54 Å². The summed E-state index contributed by atoms with van der Waals surface area (Å²) in [6.45, 7) is 5.34. The molecule has 0 bridgehead atoms. The van der Waals surface area contributed by atoms with Gasteiger partial charge in [0, 0.05) is 12.7 Å². The van der Waals surface area contributed by atoms with Crippen LogP contribution in [0, 0.1) is 6.92 Å². The fourth-order valence-electron chi connectivity index (χ4n) is 2.06. The van der Waals surface area contributed by atoms with Crippen molar-refractivity contribution in [2.45, 2.75) is 26.9 Å². The van der Waals surface area contributed by atoms with Crippen LogP contribution in [0.3, 0.4) is 0 Å². The Kier molecular flexibility index (Phi) is 4.46. The fourth-order valence-corrected chi connectivity index (χ4v) is 2.06. The number of guanidine groups is 1. The van der Waals surface area contributed by atoms with Crippen molar-refractivity contribution in [1.29, 1.82) is 0 Å². The number of hydrogen-bond acceptors (Lipinski definition) is 6. The van der Waals surface area contributed by atoms with Gasteiger partial charge in [-0.2, -0.15) is 4.98 Å². The minimum Gasteiger partial charge on any atom is -0.357 e. The van der Waals surface area contributed by atoms with Crippen LogP contribution >= 0.6 is 0 Å². The summed E-state index contributed by atoms with van der Waals surface area (Å²) in [5, 5.41) is 18.3. The largest absolute Gasteiger partial charge is 0.357 e. The van der Waals surface area contributed by atoms with Gasteiger partial charge in [-0.25, -0.2) is 4.99 Å². The van der Waals surface area contributed by atoms with E-state index in [4.69, 9.17) is 4.52 Å². The van der Waals surface area contributed by atoms with E-state index in [9.17, 15) is 0 Å². The van der Waals surface area contributed by atoms with Gasteiger partial charge >= 0.3 is 0 Å². The molecule has 9 nitrogen and oxygen atoms in total. The average Bonchev–Trinajstić information content (AvgIpc) is 3.16. The Labute approximate surface area is 132 Å². The highest BCUT2D eigenvalue weighted by Gasteiger charge is 2.06. The minimum atomic E-state index is 0.406. The normalized spacial score (nSPS) is 11.8. The second-order valence-electron chi connectivity index (χ2n) is 4.83. The summed E-state index contributed by atoms with van der Waals surface area (Å²) in [5.74, 6) is 2.54. The van der Waals surface area contributed by atoms with Crippen LogP contribution in [0.2, 0.25) is 0 Å². The van der Waals surface area contributed by atoms with Gasteiger partial charge in [0.15, 0.2) is 23.3 Å². The van der Waals surface area contributed by atoms with E-state index in [1.807, 2.05) is 35.7 Å². The van der Waals surface area contributed by atoms with E-state index in [-0.39, 0.29) is 0 Å². The summed E-state index contributed by atoms with van der Waals surface area (Å²) in [6.07, 6.45) is 1.92. The van der Waals surface area contributed by atoms with E-state index >= 15 is 0 Å². The molecule has 0 unspecified atom stereocenters. The maximum atomic E-state index is 5.07. The predicted octanol–water partition coefficient (Wildman–Crippen LogP) is 0.676. The van der Waals surface area contributed by atoms with Crippen LogP contribution in [0.15, 0.2) is 33.9 Å². The molecule has 3 aromatic heterocycles. The van der Waals surface area contributed by atoms with E-state index in [0.717, 1.165) is 18.0 Å². The van der Waals surface area contributed by atoms with Gasteiger partial charge < -0.3 is 15.2 Å². The zero-order valence-electron chi connectivity index (χ0n) is 13.0. The number of fused-ring (bicyclic) bond motifs is 1. The van der Waals surface area contributed by atoms with Crippen LogP contribution < -0.4 is 10.6 Å². The van der Waals surface area contributed by atoms with E-state index in [0.29, 0.717) is 30.8 Å². The summed E-state index contributed by atoms with van der Waals surface area (Å²) < 4.78 is 6.98. The SMILES string of the molecule is CCNC(=NCc1nnc2ccccn12)NCc1nc(C)no1. The van der Waals surface area contributed by atoms with Gasteiger partial charge in [0.25, 0.3) is 0 Å². The zero-order valence-corrected chi connectivity index (χ0v) is 13.0. The third-order valence-electron chi connectivity index (χ3n) is 3.08. The lowest BCUT2D eigenvalue weighted by Crippen LogP contribution is -2.36.